The average Bonchev–Trinajstić information content (AvgIpc) is 2.64. The van der Waals surface area contributed by atoms with Gasteiger partial charge < -0.3 is 5.11 Å². The Labute approximate surface area is 130 Å². The predicted octanol–water partition coefficient (Wildman–Crippen LogP) is 4.33. The minimum absolute atomic E-state index is 0.269. The number of benzene rings is 1. The van der Waals surface area contributed by atoms with Crippen LogP contribution in [0.1, 0.15) is 70.1 Å². The van der Waals surface area contributed by atoms with E-state index in [1.54, 1.807) is 0 Å². The molecule has 1 aliphatic rings. The van der Waals surface area contributed by atoms with Crippen LogP contribution in [0.3, 0.4) is 0 Å². The lowest BCUT2D eigenvalue weighted by atomic mass is 9.96. The molecule has 0 saturated heterocycles. The van der Waals surface area contributed by atoms with Crippen LogP contribution in [-0.2, 0) is 6.42 Å². The van der Waals surface area contributed by atoms with Crippen LogP contribution in [0.25, 0.3) is 0 Å². The first-order valence-corrected chi connectivity index (χ1v) is 8.66. The fraction of sp³-hybridized carbons (Fsp3) is 0.684. The number of aliphatic hydroxyl groups excluding tert-OH is 1. The van der Waals surface area contributed by atoms with E-state index in [1.165, 1.54) is 31.2 Å². The van der Waals surface area contributed by atoms with Gasteiger partial charge in [-0.1, -0.05) is 44.0 Å². The van der Waals surface area contributed by atoms with Gasteiger partial charge in [-0.25, -0.2) is 0 Å². The van der Waals surface area contributed by atoms with Crippen LogP contribution in [0.5, 0.6) is 0 Å². The first kappa shape index (κ1) is 16.5. The average molecular weight is 289 g/mol. The molecule has 2 nitrogen and oxygen atoms in total. The van der Waals surface area contributed by atoms with Crippen LogP contribution in [0.4, 0.5) is 0 Å². The molecule has 0 bridgehead atoms. The lowest BCUT2D eigenvalue weighted by molar-refractivity contribution is 0.0261. The fourth-order valence-electron chi connectivity index (χ4n) is 3.62. The van der Waals surface area contributed by atoms with E-state index < -0.39 is 0 Å². The molecular formula is C19H31NO. The number of fused-ring (bicyclic) bond motifs is 1. The molecule has 1 N–H and O–H groups in total. The van der Waals surface area contributed by atoms with E-state index in [2.05, 4.69) is 49.9 Å². The number of aryl methyl sites for hydroxylation is 1. The van der Waals surface area contributed by atoms with E-state index in [0.717, 1.165) is 24.9 Å². The van der Waals surface area contributed by atoms with Gasteiger partial charge in [0.2, 0.25) is 0 Å². The van der Waals surface area contributed by atoms with Gasteiger partial charge in [-0.3, -0.25) is 4.90 Å². The summed E-state index contributed by atoms with van der Waals surface area (Å²) in [5.41, 5.74) is 2.49. The molecule has 2 atom stereocenters. The molecule has 1 aromatic rings. The standard InChI is InChI=1S/C19H31NO/c1-4-5-8-14-20(15(2)3)18-13-9-11-16-10-6-7-12-17(16)19(18)21/h6-7,10,12,15,18-19,21H,4-5,8-9,11,13-14H2,1-3H3. The molecule has 0 aromatic heterocycles. The quantitative estimate of drug-likeness (QED) is 0.622. The van der Waals surface area contributed by atoms with E-state index in [0.29, 0.717) is 6.04 Å². The second-order valence-electron chi connectivity index (χ2n) is 6.64. The highest BCUT2D eigenvalue weighted by Gasteiger charge is 2.31. The van der Waals surface area contributed by atoms with Crippen molar-refractivity contribution in [3.63, 3.8) is 0 Å². The molecule has 0 radical (unpaired) electrons. The Kier molecular flexibility index (Phi) is 6.25. The normalized spacial score (nSPS) is 22.4. The van der Waals surface area contributed by atoms with Crippen LogP contribution in [0.15, 0.2) is 24.3 Å². The molecule has 0 saturated carbocycles. The summed E-state index contributed by atoms with van der Waals surface area (Å²) in [4.78, 5) is 2.53. The third-order valence-corrected chi connectivity index (χ3v) is 4.79. The number of aliphatic hydroxyl groups is 1. The Balaban J connectivity index is 2.16. The second-order valence-corrected chi connectivity index (χ2v) is 6.64. The molecule has 0 spiro atoms. The van der Waals surface area contributed by atoms with E-state index in [9.17, 15) is 5.11 Å². The summed E-state index contributed by atoms with van der Waals surface area (Å²) >= 11 is 0. The highest BCUT2D eigenvalue weighted by molar-refractivity contribution is 5.31. The van der Waals surface area contributed by atoms with Gasteiger partial charge >= 0.3 is 0 Å². The minimum atomic E-state index is -0.340. The molecule has 0 heterocycles. The van der Waals surface area contributed by atoms with E-state index in [4.69, 9.17) is 0 Å². The third kappa shape index (κ3) is 4.08. The lowest BCUT2D eigenvalue weighted by Gasteiger charge is -2.37. The smallest absolute Gasteiger partial charge is 0.0947 e. The lowest BCUT2D eigenvalue weighted by Crippen LogP contribution is -2.44. The van der Waals surface area contributed by atoms with Crippen molar-refractivity contribution in [3.05, 3.63) is 35.4 Å². The zero-order valence-electron chi connectivity index (χ0n) is 13.9. The maximum atomic E-state index is 10.9. The van der Waals surface area contributed by atoms with Gasteiger partial charge in [0, 0.05) is 12.1 Å². The molecule has 2 rings (SSSR count). The van der Waals surface area contributed by atoms with Crippen LogP contribution in [0.2, 0.25) is 0 Å². The molecule has 0 aliphatic heterocycles. The van der Waals surface area contributed by atoms with Gasteiger partial charge in [0.05, 0.1) is 6.10 Å². The van der Waals surface area contributed by atoms with Crippen molar-refractivity contribution in [2.45, 2.75) is 77.5 Å². The first-order valence-electron chi connectivity index (χ1n) is 8.66. The van der Waals surface area contributed by atoms with Crippen molar-refractivity contribution < 1.29 is 5.11 Å². The fourth-order valence-corrected chi connectivity index (χ4v) is 3.62. The van der Waals surface area contributed by atoms with E-state index in [1.807, 2.05) is 0 Å². The van der Waals surface area contributed by atoms with Crippen LogP contribution in [0, 0.1) is 0 Å². The SMILES string of the molecule is CCCCCN(C(C)C)C1CCCc2ccccc2C1O. The van der Waals surface area contributed by atoms with Crippen molar-refractivity contribution in [2.75, 3.05) is 6.54 Å². The highest BCUT2D eigenvalue weighted by atomic mass is 16.3. The summed E-state index contributed by atoms with van der Waals surface area (Å²) < 4.78 is 0. The molecule has 118 valence electrons. The third-order valence-electron chi connectivity index (χ3n) is 4.79. The molecular weight excluding hydrogens is 258 g/mol. The maximum absolute atomic E-state index is 10.9. The number of nitrogens with zero attached hydrogens (tertiary/aromatic N) is 1. The molecule has 2 unspecified atom stereocenters. The zero-order chi connectivity index (χ0) is 15.2. The largest absolute Gasteiger partial charge is 0.387 e. The van der Waals surface area contributed by atoms with Crippen molar-refractivity contribution in [2.24, 2.45) is 0 Å². The van der Waals surface area contributed by atoms with Gasteiger partial charge in [-0.05, 0) is 57.2 Å². The Morgan fingerprint density at radius 3 is 2.71 bits per heavy atom. The number of rotatable bonds is 6. The Bertz CT molecular complexity index is 429. The van der Waals surface area contributed by atoms with Crippen LogP contribution in [-0.4, -0.2) is 28.6 Å². The molecule has 1 aromatic carbocycles. The predicted molar refractivity (Wildman–Crippen MR) is 89.5 cm³/mol. The van der Waals surface area contributed by atoms with Gasteiger partial charge in [-0.2, -0.15) is 0 Å². The second kappa shape index (κ2) is 7.95. The maximum Gasteiger partial charge on any atom is 0.0947 e. The summed E-state index contributed by atoms with van der Waals surface area (Å²) in [6, 6.07) is 9.20. The zero-order valence-corrected chi connectivity index (χ0v) is 13.9. The number of hydrogen-bond donors (Lipinski definition) is 1. The summed E-state index contributed by atoms with van der Waals surface area (Å²) in [5.74, 6) is 0. The van der Waals surface area contributed by atoms with E-state index in [-0.39, 0.29) is 12.1 Å². The Morgan fingerprint density at radius 2 is 2.00 bits per heavy atom. The Morgan fingerprint density at radius 1 is 1.24 bits per heavy atom. The van der Waals surface area contributed by atoms with Crippen molar-refractivity contribution in [1.29, 1.82) is 0 Å². The van der Waals surface area contributed by atoms with Crippen molar-refractivity contribution in [3.8, 4) is 0 Å². The topological polar surface area (TPSA) is 23.5 Å². The number of hydrogen-bond acceptors (Lipinski definition) is 2. The molecule has 1 aliphatic carbocycles. The summed E-state index contributed by atoms with van der Waals surface area (Å²) in [6.45, 7) is 7.87. The van der Waals surface area contributed by atoms with Crippen molar-refractivity contribution >= 4 is 0 Å². The Hall–Kier alpha value is -0.860. The summed E-state index contributed by atoms with van der Waals surface area (Å²) in [5, 5.41) is 10.9. The highest BCUT2D eigenvalue weighted by Crippen LogP contribution is 2.32. The molecule has 0 fully saturated rings. The van der Waals surface area contributed by atoms with Gasteiger partial charge in [0.1, 0.15) is 0 Å². The van der Waals surface area contributed by atoms with Crippen LogP contribution < -0.4 is 0 Å². The molecule has 21 heavy (non-hydrogen) atoms. The summed E-state index contributed by atoms with van der Waals surface area (Å²) in [6.07, 6.45) is 6.80. The van der Waals surface area contributed by atoms with Gasteiger partial charge in [-0.15, -0.1) is 0 Å². The summed E-state index contributed by atoms with van der Waals surface area (Å²) in [7, 11) is 0. The first-order chi connectivity index (χ1) is 10.1. The van der Waals surface area contributed by atoms with E-state index >= 15 is 0 Å². The monoisotopic (exact) mass is 289 g/mol. The molecule has 2 heteroatoms. The van der Waals surface area contributed by atoms with Crippen LogP contribution >= 0.6 is 0 Å². The molecule has 0 amide bonds. The van der Waals surface area contributed by atoms with Crippen molar-refractivity contribution in [1.82, 2.24) is 4.90 Å². The van der Waals surface area contributed by atoms with Gasteiger partial charge in [0.25, 0.3) is 0 Å². The minimum Gasteiger partial charge on any atom is -0.387 e. The number of unbranched alkanes of at least 4 members (excludes halogenated alkanes) is 2. The van der Waals surface area contributed by atoms with Gasteiger partial charge in [0.15, 0.2) is 0 Å².